The molecule has 1 aromatic rings. The lowest BCUT2D eigenvalue weighted by Crippen LogP contribution is -2.32. The highest BCUT2D eigenvalue weighted by atomic mass is 32.1. The molecular formula is C15H25NS. The van der Waals surface area contributed by atoms with Crippen LogP contribution in [-0.4, -0.2) is 6.04 Å². The quantitative estimate of drug-likeness (QED) is 0.777. The molecule has 17 heavy (non-hydrogen) atoms. The van der Waals surface area contributed by atoms with E-state index in [1.54, 1.807) is 0 Å². The minimum Gasteiger partial charge on any atom is -0.309 e. The van der Waals surface area contributed by atoms with E-state index >= 15 is 0 Å². The molecule has 1 aromatic heterocycles. The van der Waals surface area contributed by atoms with Gasteiger partial charge in [-0.25, -0.2) is 0 Å². The van der Waals surface area contributed by atoms with Crippen LogP contribution in [0.3, 0.4) is 0 Å². The maximum absolute atomic E-state index is 3.73. The van der Waals surface area contributed by atoms with Crippen molar-refractivity contribution in [3.05, 3.63) is 21.9 Å². The molecule has 1 saturated carbocycles. The molecule has 1 heterocycles. The van der Waals surface area contributed by atoms with Crippen molar-refractivity contribution in [3.8, 4) is 0 Å². The molecule has 96 valence electrons. The average Bonchev–Trinajstić information content (AvgIpc) is 2.58. The Morgan fingerprint density at radius 1 is 1.29 bits per heavy atom. The Morgan fingerprint density at radius 3 is 2.59 bits per heavy atom. The summed E-state index contributed by atoms with van der Waals surface area (Å²) >= 11 is 1.88. The fraction of sp³-hybridized carbons (Fsp3) is 0.733. The van der Waals surface area contributed by atoms with Crippen molar-refractivity contribution in [2.75, 3.05) is 0 Å². The van der Waals surface area contributed by atoms with Crippen molar-refractivity contribution < 1.29 is 0 Å². The van der Waals surface area contributed by atoms with Crippen LogP contribution in [0.25, 0.3) is 0 Å². The molecule has 2 heteroatoms. The van der Waals surface area contributed by atoms with Gasteiger partial charge < -0.3 is 5.32 Å². The van der Waals surface area contributed by atoms with Gasteiger partial charge >= 0.3 is 0 Å². The van der Waals surface area contributed by atoms with E-state index < -0.39 is 0 Å². The topological polar surface area (TPSA) is 12.0 Å². The van der Waals surface area contributed by atoms with E-state index in [1.165, 1.54) is 49.0 Å². The van der Waals surface area contributed by atoms with E-state index in [4.69, 9.17) is 0 Å². The first-order valence-corrected chi connectivity index (χ1v) is 7.91. The van der Waals surface area contributed by atoms with Crippen LogP contribution >= 0.6 is 11.3 Å². The summed E-state index contributed by atoms with van der Waals surface area (Å²) in [6.07, 6.45) is 8.64. The largest absolute Gasteiger partial charge is 0.309 e. The minimum absolute atomic E-state index is 0.676. The monoisotopic (exact) mass is 251 g/mol. The number of hydrogen-bond donors (Lipinski definition) is 1. The molecule has 1 nitrogen and oxygen atoms in total. The van der Waals surface area contributed by atoms with Gasteiger partial charge in [-0.3, -0.25) is 0 Å². The van der Waals surface area contributed by atoms with Crippen LogP contribution < -0.4 is 5.32 Å². The van der Waals surface area contributed by atoms with Gasteiger partial charge in [0, 0.05) is 17.5 Å². The molecule has 0 saturated heterocycles. The third-order valence-corrected chi connectivity index (χ3v) is 5.18. The van der Waals surface area contributed by atoms with E-state index in [-0.39, 0.29) is 0 Å². The van der Waals surface area contributed by atoms with E-state index in [9.17, 15) is 0 Å². The lowest BCUT2D eigenvalue weighted by atomic mass is 9.93. The van der Waals surface area contributed by atoms with Crippen LogP contribution in [-0.2, 0) is 6.54 Å². The Bertz CT molecular complexity index is 323. The Balaban J connectivity index is 1.80. The van der Waals surface area contributed by atoms with Crippen molar-refractivity contribution in [3.63, 3.8) is 0 Å². The first-order valence-electron chi connectivity index (χ1n) is 7.03. The number of thiophene rings is 1. The van der Waals surface area contributed by atoms with Crippen molar-refractivity contribution in [1.82, 2.24) is 5.32 Å². The molecule has 1 aliphatic carbocycles. The van der Waals surface area contributed by atoms with Gasteiger partial charge in [-0.05, 0) is 49.6 Å². The normalized spacial score (nSPS) is 20.1. The van der Waals surface area contributed by atoms with Crippen LogP contribution in [0, 0.1) is 12.8 Å². The Kier molecular flexibility index (Phi) is 5.05. The van der Waals surface area contributed by atoms with Gasteiger partial charge in [0.05, 0.1) is 0 Å². The van der Waals surface area contributed by atoms with Crippen LogP contribution in [0.15, 0.2) is 11.4 Å². The lowest BCUT2D eigenvalue weighted by Gasteiger charge is -2.23. The van der Waals surface area contributed by atoms with Gasteiger partial charge in [-0.15, -0.1) is 11.3 Å². The molecule has 1 atom stereocenters. The molecule has 0 aromatic carbocycles. The molecule has 0 radical (unpaired) electrons. The van der Waals surface area contributed by atoms with Gasteiger partial charge in [0.2, 0.25) is 0 Å². The SMILES string of the molecule is Cc1ccsc1CN[C@H](C)C1CCCCCC1. The standard InChI is InChI=1S/C15H25NS/c1-12-9-10-17-15(12)11-16-13(2)14-7-5-3-4-6-8-14/h9-10,13-14,16H,3-8,11H2,1-2H3/t13-/m1/s1. The second-order valence-electron chi connectivity index (χ2n) is 5.45. The highest BCUT2D eigenvalue weighted by Crippen LogP contribution is 2.26. The minimum atomic E-state index is 0.676. The first-order chi connectivity index (χ1) is 8.27. The van der Waals surface area contributed by atoms with Crippen molar-refractivity contribution in [2.45, 2.75) is 65.0 Å². The summed E-state index contributed by atoms with van der Waals surface area (Å²) in [6, 6.07) is 2.90. The zero-order valence-corrected chi connectivity index (χ0v) is 12.0. The third-order valence-electron chi connectivity index (χ3n) is 4.16. The van der Waals surface area contributed by atoms with Gasteiger partial charge in [0.1, 0.15) is 0 Å². The molecule has 1 N–H and O–H groups in total. The Morgan fingerprint density at radius 2 is 2.00 bits per heavy atom. The van der Waals surface area contributed by atoms with Crippen LogP contribution in [0.4, 0.5) is 0 Å². The average molecular weight is 251 g/mol. The fourth-order valence-electron chi connectivity index (χ4n) is 2.82. The van der Waals surface area contributed by atoms with Crippen molar-refractivity contribution >= 4 is 11.3 Å². The number of rotatable bonds is 4. The fourth-order valence-corrected chi connectivity index (χ4v) is 3.67. The molecular weight excluding hydrogens is 226 g/mol. The summed E-state index contributed by atoms with van der Waals surface area (Å²) in [5.74, 6) is 0.901. The Labute approximate surface area is 110 Å². The highest BCUT2D eigenvalue weighted by Gasteiger charge is 2.18. The molecule has 0 amide bonds. The summed E-state index contributed by atoms with van der Waals surface area (Å²) < 4.78 is 0. The lowest BCUT2D eigenvalue weighted by molar-refractivity contribution is 0.337. The number of hydrogen-bond acceptors (Lipinski definition) is 2. The van der Waals surface area contributed by atoms with E-state index in [2.05, 4.69) is 30.6 Å². The van der Waals surface area contributed by atoms with Gasteiger partial charge in [-0.2, -0.15) is 0 Å². The number of nitrogens with one attached hydrogen (secondary N) is 1. The van der Waals surface area contributed by atoms with Crippen LogP contribution in [0.5, 0.6) is 0 Å². The maximum Gasteiger partial charge on any atom is 0.0304 e. The Hall–Kier alpha value is -0.340. The zero-order chi connectivity index (χ0) is 12.1. The smallest absolute Gasteiger partial charge is 0.0304 e. The summed E-state index contributed by atoms with van der Waals surface area (Å²) in [7, 11) is 0. The molecule has 0 aliphatic heterocycles. The highest BCUT2D eigenvalue weighted by molar-refractivity contribution is 7.10. The van der Waals surface area contributed by atoms with Crippen LogP contribution in [0.1, 0.15) is 55.9 Å². The predicted octanol–water partition coefficient (Wildman–Crippen LogP) is 4.51. The third kappa shape index (κ3) is 3.82. The molecule has 0 bridgehead atoms. The van der Waals surface area contributed by atoms with Gasteiger partial charge in [0.15, 0.2) is 0 Å². The molecule has 2 rings (SSSR count). The summed E-state index contributed by atoms with van der Waals surface area (Å²) in [4.78, 5) is 1.51. The first kappa shape index (κ1) is 13.1. The van der Waals surface area contributed by atoms with Crippen molar-refractivity contribution in [1.29, 1.82) is 0 Å². The molecule has 1 fully saturated rings. The molecule has 0 spiro atoms. The number of aryl methyl sites for hydroxylation is 1. The van der Waals surface area contributed by atoms with Gasteiger partial charge in [0.25, 0.3) is 0 Å². The predicted molar refractivity (Wildman–Crippen MR) is 76.5 cm³/mol. The van der Waals surface area contributed by atoms with Crippen LogP contribution in [0.2, 0.25) is 0 Å². The van der Waals surface area contributed by atoms with E-state index in [1.807, 2.05) is 11.3 Å². The zero-order valence-electron chi connectivity index (χ0n) is 11.2. The second kappa shape index (κ2) is 6.55. The summed E-state index contributed by atoms with van der Waals surface area (Å²) in [5, 5.41) is 5.93. The second-order valence-corrected chi connectivity index (χ2v) is 6.45. The molecule has 0 unspecified atom stereocenters. The van der Waals surface area contributed by atoms with Gasteiger partial charge in [-0.1, -0.05) is 25.7 Å². The summed E-state index contributed by atoms with van der Waals surface area (Å²) in [5.41, 5.74) is 1.44. The maximum atomic E-state index is 3.73. The van der Waals surface area contributed by atoms with Crippen molar-refractivity contribution in [2.24, 2.45) is 5.92 Å². The summed E-state index contributed by atoms with van der Waals surface area (Å²) in [6.45, 7) is 5.64. The van der Waals surface area contributed by atoms with E-state index in [0.29, 0.717) is 6.04 Å². The van der Waals surface area contributed by atoms with E-state index in [0.717, 1.165) is 12.5 Å². The molecule has 1 aliphatic rings.